The van der Waals surface area contributed by atoms with Crippen molar-refractivity contribution in [1.82, 2.24) is 0 Å². The lowest BCUT2D eigenvalue weighted by Crippen LogP contribution is -2.00. The highest BCUT2D eigenvalue weighted by Crippen LogP contribution is 2.22. The van der Waals surface area contributed by atoms with Gasteiger partial charge in [-0.2, -0.15) is 0 Å². The lowest BCUT2D eigenvalue weighted by Gasteiger charge is -2.07. The van der Waals surface area contributed by atoms with Crippen LogP contribution in [0.2, 0.25) is 5.02 Å². The van der Waals surface area contributed by atoms with Gasteiger partial charge in [-0.25, -0.2) is 0 Å². The van der Waals surface area contributed by atoms with Gasteiger partial charge < -0.3 is 15.6 Å². The number of hydrogen-bond donors (Lipinski definition) is 2. The Morgan fingerprint density at radius 2 is 2.13 bits per heavy atom. The molecule has 0 fully saturated rings. The maximum atomic E-state index is 8.59. The summed E-state index contributed by atoms with van der Waals surface area (Å²) in [5.41, 5.74) is 6.40. The topological polar surface area (TPSA) is 55.5 Å². The van der Waals surface area contributed by atoms with Gasteiger partial charge in [0.05, 0.1) is 6.61 Å². The van der Waals surface area contributed by atoms with Crippen LogP contribution in [0, 0.1) is 0 Å². The molecule has 84 valence electrons. The Bertz CT molecular complexity index is 305. The summed E-state index contributed by atoms with van der Waals surface area (Å²) in [5.74, 6) is 0.745. The van der Waals surface area contributed by atoms with Crippen molar-refractivity contribution in [2.24, 2.45) is 5.73 Å². The molecule has 0 unspecified atom stereocenters. The molecule has 1 aromatic carbocycles. The molecule has 0 spiro atoms. The Hall–Kier alpha value is -0.770. The summed E-state index contributed by atoms with van der Waals surface area (Å²) in [6.45, 7) is 1.23. The summed E-state index contributed by atoms with van der Waals surface area (Å²) in [5, 5.41) is 9.22. The van der Waals surface area contributed by atoms with Crippen molar-refractivity contribution in [1.29, 1.82) is 0 Å². The third-order valence-corrected chi connectivity index (χ3v) is 2.42. The van der Waals surface area contributed by atoms with E-state index in [2.05, 4.69) is 0 Å². The molecule has 0 saturated heterocycles. The lowest BCUT2D eigenvalue weighted by molar-refractivity contribution is 0.253. The first-order chi connectivity index (χ1) is 7.27. The van der Waals surface area contributed by atoms with Gasteiger partial charge in [0.15, 0.2) is 0 Å². The van der Waals surface area contributed by atoms with E-state index in [1.807, 2.05) is 12.1 Å². The van der Waals surface area contributed by atoms with Crippen LogP contribution in [-0.4, -0.2) is 18.3 Å². The van der Waals surface area contributed by atoms with Crippen LogP contribution in [0.25, 0.3) is 0 Å². The van der Waals surface area contributed by atoms with E-state index in [1.165, 1.54) is 0 Å². The number of halogens is 1. The molecule has 0 radical (unpaired) electrons. The minimum Gasteiger partial charge on any atom is -0.494 e. The van der Waals surface area contributed by atoms with Crippen LogP contribution in [0.15, 0.2) is 18.2 Å². The van der Waals surface area contributed by atoms with E-state index in [9.17, 15) is 0 Å². The molecule has 4 heteroatoms. The van der Waals surface area contributed by atoms with Gasteiger partial charge in [0.25, 0.3) is 0 Å². The summed E-state index contributed by atoms with van der Waals surface area (Å²) < 4.78 is 5.45. The third-order valence-electron chi connectivity index (χ3n) is 2.07. The van der Waals surface area contributed by atoms with Gasteiger partial charge in [0, 0.05) is 18.2 Å². The van der Waals surface area contributed by atoms with Gasteiger partial charge >= 0.3 is 0 Å². The molecule has 0 aliphatic heterocycles. The average molecular weight is 230 g/mol. The molecule has 0 saturated carbocycles. The first-order valence-electron chi connectivity index (χ1n) is 5.00. The van der Waals surface area contributed by atoms with Gasteiger partial charge in [-0.05, 0) is 30.5 Å². The fourth-order valence-corrected chi connectivity index (χ4v) is 1.43. The van der Waals surface area contributed by atoms with E-state index in [0.717, 1.165) is 24.2 Å². The standard InChI is InChI=1S/C11H16ClNO2/c12-11-7-10(4-3-9(11)8-13)15-6-2-1-5-14/h3-4,7,14H,1-2,5-6,8,13H2. The van der Waals surface area contributed by atoms with E-state index in [-0.39, 0.29) is 6.61 Å². The van der Waals surface area contributed by atoms with Crippen molar-refractivity contribution in [2.45, 2.75) is 19.4 Å². The summed E-state index contributed by atoms with van der Waals surface area (Å²) in [6, 6.07) is 5.49. The van der Waals surface area contributed by atoms with E-state index in [0.29, 0.717) is 18.2 Å². The SMILES string of the molecule is NCc1ccc(OCCCCO)cc1Cl. The predicted molar refractivity (Wildman–Crippen MR) is 61.2 cm³/mol. The predicted octanol–water partition coefficient (Wildman–Crippen LogP) is 1.95. The lowest BCUT2D eigenvalue weighted by atomic mass is 10.2. The van der Waals surface area contributed by atoms with Crippen molar-refractivity contribution >= 4 is 11.6 Å². The molecule has 3 nitrogen and oxygen atoms in total. The number of unbranched alkanes of at least 4 members (excludes halogenated alkanes) is 1. The quantitative estimate of drug-likeness (QED) is 0.734. The third kappa shape index (κ3) is 4.08. The van der Waals surface area contributed by atoms with Crippen molar-refractivity contribution < 1.29 is 9.84 Å². The van der Waals surface area contributed by atoms with E-state index >= 15 is 0 Å². The number of hydrogen-bond acceptors (Lipinski definition) is 3. The Balaban J connectivity index is 2.45. The van der Waals surface area contributed by atoms with Gasteiger partial charge in [0.1, 0.15) is 5.75 Å². The fourth-order valence-electron chi connectivity index (χ4n) is 1.19. The highest BCUT2D eigenvalue weighted by Gasteiger charge is 2.00. The monoisotopic (exact) mass is 229 g/mol. The van der Waals surface area contributed by atoms with Gasteiger partial charge in [0.2, 0.25) is 0 Å². The number of aliphatic hydroxyl groups is 1. The molecule has 0 amide bonds. The molecule has 0 atom stereocenters. The van der Waals surface area contributed by atoms with E-state index in [1.54, 1.807) is 6.07 Å². The zero-order valence-electron chi connectivity index (χ0n) is 8.58. The van der Waals surface area contributed by atoms with Crippen LogP contribution in [0.4, 0.5) is 0 Å². The molecular formula is C11H16ClNO2. The molecule has 0 heterocycles. The summed E-state index contributed by atoms with van der Waals surface area (Å²) in [4.78, 5) is 0. The molecule has 0 aliphatic rings. The maximum Gasteiger partial charge on any atom is 0.120 e. The highest BCUT2D eigenvalue weighted by molar-refractivity contribution is 6.31. The second-order valence-electron chi connectivity index (χ2n) is 3.24. The molecule has 0 aliphatic carbocycles. The second kappa shape index (κ2) is 6.67. The Morgan fingerprint density at radius 1 is 1.33 bits per heavy atom. The van der Waals surface area contributed by atoms with Crippen LogP contribution in [0.3, 0.4) is 0 Å². The van der Waals surface area contributed by atoms with Crippen molar-refractivity contribution in [3.05, 3.63) is 28.8 Å². The molecule has 0 bridgehead atoms. The first-order valence-corrected chi connectivity index (χ1v) is 5.38. The van der Waals surface area contributed by atoms with Crippen LogP contribution in [0.1, 0.15) is 18.4 Å². The van der Waals surface area contributed by atoms with Gasteiger partial charge in [-0.1, -0.05) is 17.7 Å². The molecule has 1 aromatic rings. The zero-order valence-corrected chi connectivity index (χ0v) is 9.33. The zero-order chi connectivity index (χ0) is 11.1. The number of aliphatic hydroxyl groups excluding tert-OH is 1. The second-order valence-corrected chi connectivity index (χ2v) is 3.64. The van der Waals surface area contributed by atoms with Crippen molar-refractivity contribution in [3.63, 3.8) is 0 Å². The number of rotatable bonds is 6. The fraction of sp³-hybridized carbons (Fsp3) is 0.455. The van der Waals surface area contributed by atoms with Crippen LogP contribution in [-0.2, 0) is 6.54 Å². The molecule has 15 heavy (non-hydrogen) atoms. The molecule has 3 N–H and O–H groups in total. The molecular weight excluding hydrogens is 214 g/mol. The van der Waals surface area contributed by atoms with Gasteiger partial charge in [-0.3, -0.25) is 0 Å². The molecule has 0 aromatic heterocycles. The Kier molecular flexibility index (Phi) is 5.47. The maximum absolute atomic E-state index is 8.59. The minimum absolute atomic E-state index is 0.205. The summed E-state index contributed by atoms with van der Waals surface area (Å²) in [7, 11) is 0. The van der Waals surface area contributed by atoms with Crippen LogP contribution in [0.5, 0.6) is 5.75 Å². The Labute approximate surface area is 94.8 Å². The Morgan fingerprint density at radius 3 is 2.73 bits per heavy atom. The van der Waals surface area contributed by atoms with Crippen molar-refractivity contribution in [3.8, 4) is 5.75 Å². The number of benzene rings is 1. The normalized spacial score (nSPS) is 10.3. The minimum atomic E-state index is 0.205. The van der Waals surface area contributed by atoms with Gasteiger partial charge in [-0.15, -0.1) is 0 Å². The largest absolute Gasteiger partial charge is 0.494 e. The highest BCUT2D eigenvalue weighted by atomic mass is 35.5. The summed E-state index contributed by atoms with van der Waals surface area (Å²) in [6.07, 6.45) is 1.60. The van der Waals surface area contributed by atoms with E-state index < -0.39 is 0 Å². The first kappa shape index (κ1) is 12.3. The summed E-state index contributed by atoms with van der Waals surface area (Å²) >= 11 is 5.97. The number of ether oxygens (including phenoxy) is 1. The van der Waals surface area contributed by atoms with Crippen LogP contribution < -0.4 is 10.5 Å². The average Bonchev–Trinajstić information content (AvgIpc) is 2.25. The smallest absolute Gasteiger partial charge is 0.120 e. The van der Waals surface area contributed by atoms with E-state index in [4.69, 9.17) is 27.2 Å². The molecule has 1 rings (SSSR count). The van der Waals surface area contributed by atoms with Crippen LogP contribution >= 0.6 is 11.6 Å². The number of nitrogens with two attached hydrogens (primary N) is 1. The van der Waals surface area contributed by atoms with Crippen molar-refractivity contribution in [2.75, 3.05) is 13.2 Å².